The van der Waals surface area contributed by atoms with Crippen LogP contribution in [0.3, 0.4) is 0 Å². The largest absolute Gasteiger partial charge is 0.490 e. The number of fused-ring (bicyclic) bond motifs is 1. The molecule has 0 bridgehead atoms. The average Bonchev–Trinajstić information content (AvgIpc) is 2.55. The SMILES string of the molecule is CCCN1CCOc2ccc(C(O)C3CCNCC3)cc21. The molecule has 0 aliphatic carbocycles. The molecule has 1 aromatic carbocycles. The fraction of sp³-hybridized carbons (Fsp3) is 0.647. The Balaban J connectivity index is 1.81. The normalized spacial score (nSPS) is 20.8. The number of nitrogens with zero attached hydrogens (tertiary/aromatic N) is 1. The minimum absolute atomic E-state index is 0.359. The monoisotopic (exact) mass is 290 g/mol. The van der Waals surface area contributed by atoms with E-state index in [1.54, 1.807) is 0 Å². The summed E-state index contributed by atoms with van der Waals surface area (Å²) >= 11 is 0. The number of benzene rings is 1. The van der Waals surface area contributed by atoms with Crippen LogP contribution in [-0.2, 0) is 0 Å². The van der Waals surface area contributed by atoms with Crippen molar-refractivity contribution in [1.82, 2.24) is 5.32 Å². The van der Waals surface area contributed by atoms with Crippen molar-refractivity contribution < 1.29 is 9.84 Å². The van der Waals surface area contributed by atoms with E-state index in [1.807, 2.05) is 12.1 Å². The van der Waals surface area contributed by atoms with Crippen molar-refractivity contribution in [1.29, 1.82) is 0 Å². The van der Waals surface area contributed by atoms with Crippen molar-refractivity contribution >= 4 is 5.69 Å². The summed E-state index contributed by atoms with van der Waals surface area (Å²) in [6, 6.07) is 6.19. The predicted octanol–water partition coefficient (Wildman–Crippen LogP) is 2.33. The molecule has 0 saturated carbocycles. The highest BCUT2D eigenvalue weighted by atomic mass is 16.5. The molecule has 0 amide bonds. The Hall–Kier alpha value is -1.26. The van der Waals surface area contributed by atoms with E-state index in [0.29, 0.717) is 5.92 Å². The van der Waals surface area contributed by atoms with Crippen LogP contribution in [0.2, 0.25) is 0 Å². The van der Waals surface area contributed by atoms with Crippen molar-refractivity contribution in [2.24, 2.45) is 5.92 Å². The van der Waals surface area contributed by atoms with Crippen LogP contribution in [0.1, 0.15) is 37.9 Å². The van der Waals surface area contributed by atoms with Gasteiger partial charge in [-0.1, -0.05) is 13.0 Å². The zero-order valence-electron chi connectivity index (χ0n) is 12.8. The van der Waals surface area contributed by atoms with Crippen molar-refractivity contribution in [3.05, 3.63) is 23.8 Å². The number of aliphatic hydroxyl groups is 1. The van der Waals surface area contributed by atoms with Gasteiger partial charge in [0.1, 0.15) is 12.4 Å². The van der Waals surface area contributed by atoms with Gasteiger partial charge < -0.3 is 20.1 Å². The standard InChI is InChI=1S/C17H26N2O2/c1-2-9-19-10-11-21-16-4-3-14(12-15(16)19)17(20)13-5-7-18-8-6-13/h3-4,12-13,17-18,20H,2,5-11H2,1H3. The van der Waals surface area contributed by atoms with Gasteiger partial charge in [0.25, 0.3) is 0 Å². The molecule has 2 heterocycles. The lowest BCUT2D eigenvalue weighted by Gasteiger charge is -2.33. The van der Waals surface area contributed by atoms with Gasteiger partial charge in [0.15, 0.2) is 0 Å². The minimum atomic E-state index is -0.359. The molecule has 0 spiro atoms. The van der Waals surface area contributed by atoms with E-state index in [1.165, 1.54) is 0 Å². The molecule has 0 radical (unpaired) electrons. The molecule has 116 valence electrons. The second-order valence-electron chi connectivity index (χ2n) is 6.09. The van der Waals surface area contributed by atoms with Crippen LogP contribution in [0.25, 0.3) is 0 Å². The first-order valence-electron chi connectivity index (χ1n) is 8.20. The Bertz CT molecular complexity index is 472. The first-order chi connectivity index (χ1) is 10.3. The number of ether oxygens (including phenoxy) is 1. The fourth-order valence-corrected chi connectivity index (χ4v) is 3.41. The summed E-state index contributed by atoms with van der Waals surface area (Å²) in [5.74, 6) is 1.32. The van der Waals surface area contributed by atoms with Crippen LogP contribution >= 0.6 is 0 Å². The van der Waals surface area contributed by atoms with Gasteiger partial charge in [-0.3, -0.25) is 0 Å². The lowest BCUT2D eigenvalue weighted by atomic mass is 9.88. The minimum Gasteiger partial charge on any atom is -0.490 e. The molecular weight excluding hydrogens is 264 g/mol. The number of rotatable bonds is 4. The van der Waals surface area contributed by atoms with Crippen LogP contribution in [0.5, 0.6) is 5.75 Å². The van der Waals surface area contributed by atoms with Crippen molar-refractivity contribution in [3.63, 3.8) is 0 Å². The fourth-order valence-electron chi connectivity index (χ4n) is 3.41. The first kappa shape index (κ1) is 14.7. The lowest BCUT2D eigenvalue weighted by molar-refractivity contribution is 0.0889. The maximum absolute atomic E-state index is 10.7. The summed E-state index contributed by atoms with van der Waals surface area (Å²) in [5.41, 5.74) is 2.18. The molecule has 0 aromatic heterocycles. The van der Waals surface area contributed by atoms with E-state index in [4.69, 9.17) is 4.74 Å². The lowest BCUT2D eigenvalue weighted by Crippen LogP contribution is -2.34. The molecule has 1 atom stereocenters. The molecule has 1 fully saturated rings. The third-order valence-electron chi connectivity index (χ3n) is 4.61. The van der Waals surface area contributed by atoms with Gasteiger partial charge in [0.2, 0.25) is 0 Å². The Labute approximate surface area is 127 Å². The van der Waals surface area contributed by atoms with Gasteiger partial charge in [-0.15, -0.1) is 0 Å². The Morgan fingerprint density at radius 2 is 2.19 bits per heavy atom. The first-order valence-corrected chi connectivity index (χ1v) is 8.20. The summed E-state index contributed by atoms with van der Waals surface area (Å²) in [6.07, 6.45) is 2.87. The Kier molecular flexibility index (Phi) is 4.66. The number of nitrogens with one attached hydrogen (secondary N) is 1. The predicted molar refractivity (Wildman–Crippen MR) is 85.0 cm³/mol. The van der Waals surface area contributed by atoms with Crippen molar-refractivity contribution in [3.8, 4) is 5.75 Å². The van der Waals surface area contributed by atoms with E-state index in [-0.39, 0.29) is 6.10 Å². The van der Waals surface area contributed by atoms with Crippen molar-refractivity contribution in [2.75, 3.05) is 37.7 Å². The topological polar surface area (TPSA) is 44.7 Å². The smallest absolute Gasteiger partial charge is 0.142 e. The van der Waals surface area contributed by atoms with Gasteiger partial charge in [-0.2, -0.15) is 0 Å². The van der Waals surface area contributed by atoms with Gasteiger partial charge in [0.05, 0.1) is 18.3 Å². The van der Waals surface area contributed by atoms with E-state index >= 15 is 0 Å². The Morgan fingerprint density at radius 1 is 1.38 bits per heavy atom. The van der Waals surface area contributed by atoms with Crippen LogP contribution in [0.15, 0.2) is 18.2 Å². The molecule has 3 rings (SSSR count). The van der Waals surface area contributed by atoms with Gasteiger partial charge in [-0.25, -0.2) is 0 Å². The van der Waals surface area contributed by atoms with Crippen LogP contribution in [0.4, 0.5) is 5.69 Å². The number of hydrogen-bond donors (Lipinski definition) is 2. The number of anilines is 1. The molecule has 1 saturated heterocycles. The summed E-state index contributed by atoms with van der Waals surface area (Å²) < 4.78 is 5.75. The third-order valence-corrected chi connectivity index (χ3v) is 4.61. The van der Waals surface area contributed by atoms with Crippen LogP contribution in [-0.4, -0.2) is 37.9 Å². The Morgan fingerprint density at radius 3 is 2.95 bits per heavy atom. The quantitative estimate of drug-likeness (QED) is 0.893. The molecule has 2 aliphatic rings. The molecule has 2 aliphatic heterocycles. The second-order valence-corrected chi connectivity index (χ2v) is 6.09. The molecule has 1 unspecified atom stereocenters. The highest BCUT2D eigenvalue weighted by molar-refractivity contribution is 5.61. The maximum Gasteiger partial charge on any atom is 0.142 e. The van der Waals surface area contributed by atoms with E-state index < -0.39 is 0 Å². The van der Waals surface area contributed by atoms with Gasteiger partial charge >= 0.3 is 0 Å². The maximum atomic E-state index is 10.7. The summed E-state index contributed by atoms with van der Waals surface area (Å²) in [4.78, 5) is 2.37. The molecule has 4 heteroatoms. The third kappa shape index (κ3) is 3.16. The number of piperidine rings is 1. The average molecular weight is 290 g/mol. The van der Waals surface area contributed by atoms with Crippen LogP contribution in [0, 0.1) is 5.92 Å². The highest BCUT2D eigenvalue weighted by Crippen LogP contribution is 2.37. The summed E-state index contributed by atoms with van der Waals surface area (Å²) in [5, 5.41) is 14.0. The number of hydrogen-bond acceptors (Lipinski definition) is 4. The zero-order valence-corrected chi connectivity index (χ0v) is 12.8. The van der Waals surface area contributed by atoms with E-state index in [0.717, 1.165) is 69.0 Å². The molecule has 1 aromatic rings. The van der Waals surface area contributed by atoms with E-state index in [9.17, 15) is 5.11 Å². The number of aliphatic hydroxyl groups excluding tert-OH is 1. The second kappa shape index (κ2) is 6.67. The molecular formula is C17H26N2O2. The molecule has 2 N–H and O–H groups in total. The van der Waals surface area contributed by atoms with E-state index in [2.05, 4.69) is 23.2 Å². The van der Waals surface area contributed by atoms with Crippen LogP contribution < -0.4 is 15.0 Å². The molecule has 21 heavy (non-hydrogen) atoms. The summed E-state index contributed by atoms with van der Waals surface area (Å²) in [7, 11) is 0. The summed E-state index contributed by atoms with van der Waals surface area (Å²) in [6.45, 7) is 6.96. The molecule has 4 nitrogen and oxygen atoms in total. The zero-order chi connectivity index (χ0) is 14.7. The van der Waals surface area contributed by atoms with Gasteiger partial charge in [0, 0.05) is 6.54 Å². The van der Waals surface area contributed by atoms with Crippen molar-refractivity contribution in [2.45, 2.75) is 32.3 Å². The van der Waals surface area contributed by atoms with Gasteiger partial charge in [-0.05, 0) is 56.0 Å². The highest BCUT2D eigenvalue weighted by Gasteiger charge is 2.25.